The van der Waals surface area contributed by atoms with Crippen LogP contribution in [0.4, 0.5) is 0 Å². The third-order valence-corrected chi connectivity index (χ3v) is 12.0. The van der Waals surface area contributed by atoms with E-state index < -0.39 is 15.7 Å². The molecule has 1 radical (unpaired) electrons. The van der Waals surface area contributed by atoms with E-state index in [1.807, 2.05) is 4.90 Å². The van der Waals surface area contributed by atoms with E-state index in [1.54, 1.807) is 0 Å². The van der Waals surface area contributed by atoms with Gasteiger partial charge >= 0.3 is 0 Å². The van der Waals surface area contributed by atoms with Gasteiger partial charge < -0.3 is 10.6 Å². The fraction of sp³-hybridized carbons (Fsp3) is 0.167. The molecule has 1 amide bonds. The number of rotatable bonds is 8. The number of hydrogen-bond donors (Lipinski definition) is 1. The zero-order chi connectivity index (χ0) is 24.7. The molecule has 4 aromatic carbocycles. The van der Waals surface area contributed by atoms with Crippen LogP contribution in [-0.2, 0) is 4.79 Å². The SMILES string of the molecule is NCC(=O)N1C[C@H]([B]P(c2ccccc2)c2ccccc2)[C@@H](P(c2ccccc2)c2ccccc2)C1. The van der Waals surface area contributed by atoms with Crippen molar-refractivity contribution < 1.29 is 4.79 Å². The summed E-state index contributed by atoms with van der Waals surface area (Å²) in [5, 5.41) is 5.38. The first-order valence-corrected chi connectivity index (χ1v) is 15.2. The molecule has 0 bridgehead atoms. The molecule has 1 aliphatic heterocycles. The summed E-state index contributed by atoms with van der Waals surface area (Å²) in [6.07, 6.45) is 0. The van der Waals surface area contributed by atoms with Crippen LogP contribution < -0.4 is 27.0 Å². The van der Waals surface area contributed by atoms with Crippen LogP contribution in [0.15, 0.2) is 121 Å². The number of carbonyl (C=O) groups excluding carboxylic acids is 1. The molecule has 1 heterocycles. The van der Waals surface area contributed by atoms with Crippen LogP contribution >= 0.6 is 15.7 Å². The van der Waals surface area contributed by atoms with Crippen LogP contribution in [0.2, 0.25) is 5.82 Å². The number of likely N-dealkylation sites (tertiary alicyclic amines) is 1. The molecule has 1 aliphatic rings. The topological polar surface area (TPSA) is 46.3 Å². The lowest BCUT2D eigenvalue weighted by Crippen LogP contribution is -2.35. The second-order valence-corrected chi connectivity index (χ2v) is 13.5. The second-order valence-electron chi connectivity index (χ2n) is 8.97. The lowest BCUT2D eigenvalue weighted by Gasteiger charge is -2.31. The first kappa shape index (κ1) is 24.9. The van der Waals surface area contributed by atoms with E-state index in [-0.39, 0.29) is 18.3 Å². The number of carbonyl (C=O) groups is 1. The van der Waals surface area contributed by atoms with Gasteiger partial charge in [-0.25, -0.2) is 0 Å². The Kier molecular flexibility index (Phi) is 8.29. The van der Waals surface area contributed by atoms with Crippen molar-refractivity contribution in [2.45, 2.75) is 11.5 Å². The highest BCUT2D eigenvalue weighted by Crippen LogP contribution is 2.51. The summed E-state index contributed by atoms with van der Waals surface area (Å²) in [6, 6.07) is 43.3. The molecular weight excluding hydrogens is 477 g/mol. The Morgan fingerprint density at radius 3 is 1.53 bits per heavy atom. The number of nitrogens with two attached hydrogens (primary N) is 1. The fourth-order valence-corrected chi connectivity index (χ4v) is 10.4. The van der Waals surface area contributed by atoms with Crippen molar-refractivity contribution in [1.82, 2.24) is 4.90 Å². The molecule has 179 valence electrons. The maximum Gasteiger partial charge on any atom is 0.236 e. The third kappa shape index (κ3) is 5.63. The van der Waals surface area contributed by atoms with Gasteiger partial charge in [-0.15, -0.1) is 0 Å². The molecule has 2 N–H and O–H groups in total. The van der Waals surface area contributed by atoms with Crippen LogP contribution in [-0.4, -0.2) is 43.1 Å². The summed E-state index contributed by atoms with van der Waals surface area (Å²) in [7, 11) is -1.35. The molecule has 5 rings (SSSR count). The summed E-state index contributed by atoms with van der Waals surface area (Å²) in [5.41, 5.74) is 6.15. The Bertz CT molecular complexity index is 1170. The first-order chi connectivity index (χ1) is 17.7. The standard InChI is InChI=1S/C30H30BN2OP2/c32-21-30(34)33-22-28(31-36(26-17-9-3-10-18-26)27-19-11-4-12-20-27)29(23-33)35(24-13-5-1-6-14-24)25-15-7-2-8-16-25/h1-20,28-29H,21-23,32H2/t28-,29-/m0/s1. The van der Waals surface area contributed by atoms with Gasteiger partial charge in [0.25, 0.3) is 0 Å². The van der Waals surface area contributed by atoms with Gasteiger partial charge in [0.05, 0.1) is 6.54 Å². The van der Waals surface area contributed by atoms with Gasteiger partial charge in [-0.3, -0.25) is 4.79 Å². The maximum atomic E-state index is 12.8. The molecule has 0 aliphatic carbocycles. The Morgan fingerprint density at radius 2 is 1.11 bits per heavy atom. The Labute approximate surface area is 217 Å². The monoisotopic (exact) mass is 507 g/mol. The minimum Gasteiger partial charge on any atom is -0.341 e. The van der Waals surface area contributed by atoms with E-state index in [9.17, 15) is 4.79 Å². The lowest BCUT2D eigenvalue weighted by atomic mass is 9.84. The van der Waals surface area contributed by atoms with Crippen LogP contribution in [0, 0.1) is 0 Å². The molecule has 0 saturated carbocycles. The van der Waals surface area contributed by atoms with Gasteiger partial charge in [-0.2, -0.15) is 0 Å². The summed E-state index contributed by atoms with van der Waals surface area (Å²) in [4.78, 5) is 14.8. The Morgan fingerprint density at radius 1 is 0.694 bits per heavy atom. The van der Waals surface area contributed by atoms with E-state index in [4.69, 9.17) is 5.73 Å². The van der Waals surface area contributed by atoms with E-state index in [2.05, 4.69) is 128 Å². The lowest BCUT2D eigenvalue weighted by molar-refractivity contribution is -0.128. The highest BCUT2D eigenvalue weighted by atomic mass is 31.1. The van der Waals surface area contributed by atoms with E-state index in [0.29, 0.717) is 5.66 Å². The molecule has 36 heavy (non-hydrogen) atoms. The van der Waals surface area contributed by atoms with Crippen molar-refractivity contribution in [3.05, 3.63) is 121 Å². The molecule has 1 fully saturated rings. The molecule has 3 nitrogen and oxygen atoms in total. The summed E-state index contributed by atoms with van der Waals surface area (Å²) >= 11 is 0. The van der Waals surface area contributed by atoms with Gasteiger partial charge in [0.15, 0.2) is 7.00 Å². The second kappa shape index (κ2) is 12.0. The van der Waals surface area contributed by atoms with Gasteiger partial charge in [-0.1, -0.05) is 129 Å². The van der Waals surface area contributed by atoms with Crippen LogP contribution in [0.1, 0.15) is 0 Å². The smallest absolute Gasteiger partial charge is 0.236 e. The zero-order valence-electron chi connectivity index (χ0n) is 20.2. The highest BCUT2D eigenvalue weighted by Gasteiger charge is 2.42. The van der Waals surface area contributed by atoms with Gasteiger partial charge in [0.2, 0.25) is 5.91 Å². The van der Waals surface area contributed by atoms with E-state index >= 15 is 0 Å². The van der Waals surface area contributed by atoms with Crippen molar-refractivity contribution in [3.63, 3.8) is 0 Å². The van der Waals surface area contributed by atoms with Crippen molar-refractivity contribution in [1.29, 1.82) is 0 Å². The molecule has 4 aromatic rings. The molecule has 6 heteroatoms. The summed E-state index contributed by atoms with van der Waals surface area (Å²) < 4.78 is 0. The molecule has 0 aromatic heterocycles. The number of hydrogen-bond acceptors (Lipinski definition) is 2. The number of amides is 1. The van der Waals surface area contributed by atoms with Crippen LogP contribution in [0.25, 0.3) is 0 Å². The summed E-state index contributed by atoms with van der Waals surface area (Å²) in [5.74, 6) is 0.300. The normalized spacial score (nSPS) is 17.5. The average Bonchev–Trinajstić information content (AvgIpc) is 3.37. The minimum absolute atomic E-state index is 0.0377. The quantitative estimate of drug-likeness (QED) is 0.291. The number of nitrogens with zero attached hydrogens (tertiary/aromatic N) is 1. The minimum atomic E-state index is -0.678. The van der Waals surface area contributed by atoms with Gasteiger partial charge in [-0.05, 0) is 35.0 Å². The molecule has 1 saturated heterocycles. The maximum absolute atomic E-state index is 12.8. The van der Waals surface area contributed by atoms with Gasteiger partial charge in [0.1, 0.15) is 0 Å². The Hall–Kier alpha value is -2.77. The van der Waals surface area contributed by atoms with E-state index in [0.717, 1.165) is 13.1 Å². The molecule has 0 spiro atoms. The third-order valence-electron chi connectivity index (χ3n) is 6.67. The molecule has 0 unspecified atom stereocenters. The van der Waals surface area contributed by atoms with Crippen molar-refractivity contribution >= 4 is 49.8 Å². The van der Waals surface area contributed by atoms with Crippen LogP contribution in [0.5, 0.6) is 0 Å². The largest absolute Gasteiger partial charge is 0.341 e. The zero-order valence-corrected chi connectivity index (χ0v) is 22.0. The highest BCUT2D eigenvalue weighted by molar-refractivity contribution is 7.97. The fourth-order valence-electron chi connectivity index (χ4n) is 4.96. The molecular formula is C30H30BN2OP2. The van der Waals surface area contributed by atoms with Crippen molar-refractivity contribution in [3.8, 4) is 0 Å². The average molecular weight is 507 g/mol. The first-order valence-electron chi connectivity index (χ1n) is 12.4. The van der Waals surface area contributed by atoms with E-state index in [1.165, 1.54) is 21.2 Å². The number of benzene rings is 4. The van der Waals surface area contributed by atoms with Crippen molar-refractivity contribution in [2.75, 3.05) is 19.6 Å². The Balaban J connectivity index is 1.56. The summed E-state index contributed by atoms with van der Waals surface area (Å²) in [6.45, 7) is 4.08. The predicted molar refractivity (Wildman–Crippen MR) is 157 cm³/mol. The van der Waals surface area contributed by atoms with Crippen LogP contribution in [0.3, 0.4) is 0 Å². The predicted octanol–water partition coefficient (Wildman–Crippen LogP) is 3.83. The van der Waals surface area contributed by atoms with Crippen molar-refractivity contribution in [2.24, 2.45) is 5.73 Å². The van der Waals surface area contributed by atoms with Gasteiger partial charge in [0, 0.05) is 18.7 Å². The molecule has 2 atom stereocenters.